The fraction of sp³-hybridized carbons (Fsp3) is 0.455. The maximum Gasteiger partial charge on any atom is 0.416 e. The minimum Gasteiger partial charge on any atom is -0.390 e. The minimum absolute atomic E-state index is 0.0254. The van der Waals surface area contributed by atoms with E-state index in [4.69, 9.17) is 11.6 Å². The summed E-state index contributed by atoms with van der Waals surface area (Å²) in [5.41, 5.74) is -0.829. The molecule has 0 spiro atoms. The van der Waals surface area contributed by atoms with Crippen LogP contribution in [-0.2, 0) is 6.18 Å². The number of aliphatic hydroxyl groups excluding tert-OH is 2. The number of aliphatic hydroxyl groups is 2. The molecule has 1 rings (SSSR count). The van der Waals surface area contributed by atoms with Crippen LogP contribution in [-0.4, -0.2) is 22.2 Å². The average molecular weight is 269 g/mol. The van der Waals surface area contributed by atoms with Crippen LogP contribution in [0.3, 0.4) is 0 Å². The molecule has 0 fully saturated rings. The first kappa shape index (κ1) is 14.3. The predicted octanol–water partition coefficient (Wildman–Crippen LogP) is 2.73. The van der Waals surface area contributed by atoms with E-state index in [2.05, 4.69) is 0 Å². The fourth-order valence-corrected chi connectivity index (χ4v) is 1.61. The Hall–Kier alpha value is -0.780. The highest BCUT2D eigenvalue weighted by atomic mass is 35.5. The summed E-state index contributed by atoms with van der Waals surface area (Å²) in [6.07, 6.45) is -6.89. The van der Waals surface area contributed by atoms with Crippen LogP contribution >= 0.6 is 11.6 Å². The molecule has 1 aromatic carbocycles. The van der Waals surface area contributed by atoms with Gasteiger partial charge >= 0.3 is 6.18 Å². The van der Waals surface area contributed by atoms with Gasteiger partial charge in [-0.2, -0.15) is 13.2 Å². The molecule has 2 atom stereocenters. The van der Waals surface area contributed by atoms with Gasteiger partial charge in [0.15, 0.2) is 0 Å². The maximum atomic E-state index is 12.4. The number of benzene rings is 1. The number of hydrogen-bond donors (Lipinski definition) is 2. The summed E-state index contributed by atoms with van der Waals surface area (Å²) in [5, 5.41) is 19.1. The Morgan fingerprint density at radius 3 is 2.41 bits per heavy atom. The van der Waals surface area contributed by atoms with Gasteiger partial charge in [0.2, 0.25) is 0 Å². The van der Waals surface area contributed by atoms with Crippen molar-refractivity contribution in [1.29, 1.82) is 0 Å². The second-order valence-corrected chi connectivity index (χ2v) is 3.99. The zero-order chi connectivity index (χ0) is 13.1. The van der Waals surface area contributed by atoms with E-state index in [1.54, 1.807) is 0 Å². The van der Waals surface area contributed by atoms with Gasteiger partial charge in [0.25, 0.3) is 0 Å². The van der Waals surface area contributed by atoms with Crippen LogP contribution in [0.15, 0.2) is 24.3 Å². The summed E-state index contributed by atoms with van der Waals surface area (Å²) in [6, 6.07) is 4.25. The lowest BCUT2D eigenvalue weighted by Crippen LogP contribution is -2.19. The van der Waals surface area contributed by atoms with Crippen molar-refractivity contribution >= 4 is 11.6 Å². The van der Waals surface area contributed by atoms with Gasteiger partial charge in [0.05, 0.1) is 11.7 Å². The molecule has 1 aromatic rings. The largest absolute Gasteiger partial charge is 0.416 e. The molecule has 2 nitrogen and oxygen atoms in total. The Bertz CT molecular complexity index is 368. The van der Waals surface area contributed by atoms with Gasteiger partial charge in [-0.1, -0.05) is 12.1 Å². The topological polar surface area (TPSA) is 40.5 Å². The van der Waals surface area contributed by atoms with Crippen molar-refractivity contribution < 1.29 is 23.4 Å². The molecule has 0 saturated carbocycles. The van der Waals surface area contributed by atoms with Gasteiger partial charge in [-0.05, 0) is 24.1 Å². The van der Waals surface area contributed by atoms with Crippen molar-refractivity contribution in [3.63, 3.8) is 0 Å². The SMILES string of the molecule is OC(CCCl)C(O)c1cccc(C(F)(F)F)c1. The first-order chi connectivity index (χ1) is 7.86. The smallest absolute Gasteiger partial charge is 0.390 e. The Morgan fingerprint density at radius 2 is 1.88 bits per heavy atom. The number of hydrogen-bond acceptors (Lipinski definition) is 2. The highest BCUT2D eigenvalue weighted by molar-refractivity contribution is 6.17. The lowest BCUT2D eigenvalue weighted by atomic mass is 10.0. The highest BCUT2D eigenvalue weighted by Crippen LogP contribution is 2.31. The van der Waals surface area contributed by atoms with E-state index in [-0.39, 0.29) is 17.9 Å². The first-order valence-electron chi connectivity index (χ1n) is 4.95. The fourth-order valence-electron chi connectivity index (χ4n) is 1.39. The van der Waals surface area contributed by atoms with Crippen LogP contribution < -0.4 is 0 Å². The van der Waals surface area contributed by atoms with Crippen LogP contribution in [0.1, 0.15) is 23.7 Å². The number of halogens is 4. The molecule has 6 heteroatoms. The van der Waals surface area contributed by atoms with E-state index in [1.165, 1.54) is 12.1 Å². The van der Waals surface area contributed by atoms with Gasteiger partial charge in [-0.25, -0.2) is 0 Å². The molecule has 0 aliphatic carbocycles. The van der Waals surface area contributed by atoms with Gasteiger partial charge in [0.1, 0.15) is 6.10 Å². The Labute approximate surface area is 102 Å². The van der Waals surface area contributed by atoms with E-state index in [0.717, 1.165) is 12.1 Å². The Kier molecular flexibility index (Phi) is 4.80. The summed E-state index contributed by atoms with van der Waals surface area (Å²) < 4.78 is 37.2. The summed E-state index contributed by atoms with van der Waals surface area (Å²) in [7, 11) is 0. The van der Waals surface area contributed by atoms with Crippen LogP contribution in [0.25, 0.3) is 0 Å². The molecular weight excluding hydrogens is 257 g/mol. The van der Waals surface area contributed by atoms with E-state index < -0.39 is 23.9 Å². The number of alkyl halides is 4. The quantitative estimate of drug-likeness (QED) is 0.825. The summed E-state index contributed by atoms with van der Waals surface area (Å²) in [4.78, 5) is 0. The van der Waals surface area contributed by atoms with E-state index in [0.29, 0.717) is 0 Å². The van der Waals surface area contributed by atoms with Crippen LogP contribution in [0.5, 0.6) is 0 Å². The van der Waals surface area contributed by atoms with E-state index in [9.17, 15) is 23.4 Å². The molecule has 0 bridgehead atoms. The van der Waals surface area contributed by atoms with Crippen molar-refractivity contribution in [3.8, 4) is 0 Å². The van der Waals surface area contributed by atoms with Crippen molar-refractivity contribution in [2.45, 2.75) is 24.8 Å². The third-order valence-corrected chi connectivity index (χ3v) is 2.54. The lowest BCUT2D eigenvalue weighted by molar-refractivity contribution is -0.137. The molecule has 2 unspecified atom stereocenters. The Balaban J connectivity index is 2.92. The second-order valence-electron chi connectivity index (χ2n) is 3.61. The monoisotopic (exact) mass is 268 g/mol. The number of rotatable bonds is 4. The van der Waals surface area contributed by atoms with Crippen molar-refractivity contribution in [2.75, 3.05) is 5.88 Å². The van der Waals surface area contributed by atoms with Crippen LogP contribution in [0.4, 0.5) is 13.2 Å². The van der Waals surface area contributed by atoms with Crippen LogP contribution in [0.2, 0.25) is 0 Å². The summed E-state index contributed by atoms with van der Waals surface area (Å²) >= 11 is 5.38. The molecule has 0 amide bonds. The molecule has 2 N–H and O–H groups in total. The van der Waals surface area contributed by atoms with Crippen molar-refractivity contribution in [2.24, 2.45) is 0 Å². The standard InChI is InChI=1S/C11H12ClF3O2/c12-5-4-9(16)10(17)7-2-1-3-8(6-7)11(13,14)15/h1-3,6,9-10,16-17H,4-5H2. The second kappa shape index (κ2) is 5.71. The average Bonchev–Trinajstić information content (AvgIpc) is 2.27. The highest BCUT2D eigenvalue weighted by Gasteiger charge is 2.31. The lowest BCUT2D eigenvalue weighted by Gasteiger charge is -2.18. The van der Waals surface area contributed by atoms with E-state index in [1.807, 2.05) is 0 Å². The molecule has 17 heavy (non-hydrogen) atoms. The molecule has 0 saturated heterocycles. The normalized spacial score (nSPS) is 15.6. The van der Waals surface area contributed by atoms with Gasteiger partial charge in [0, 0.05) is 5.88 Å². The van der Waals surface area contributed by atoms with Gasteiger partial charge in [-0.3, -0.25) is 0 Å². The third-order valence-electron chi connectivity index (χ3n) is 2.32. The zero-order valence-corrected chi connectivity index (χ0v) is 9.54. The zero-order valence-electron chi connectivity index (χ0n) is 8.78. The molecule has 0 heterocycles. The molecule has 0 aliphatic heterocycles. The van der Waals surface area contributed by atoms with Gasteiger partial charge in [-0.15, -0.1) is 11.6 Å². The summed E-state index contributed by atoms with van der Waals surface area (Å²) in [5.74, 6) is 0.122. The molecule has 0 aromatic heterocycles. The minimum atomic E-state index is -4.47. The van der Waals surface area contributed by atoms with E-state index >= 15 is 0 Å². The maximum absolute atomic E-state index is 12.4. The predicted molar refractivity (Wildman–Crippen MR) is 57.7 cm³/mol. The van der Waals surface area contributed by atoms with Crippen LogP contribution in [0, 0.1) is 0 Å². The molecular formula is C11H12ClF3O2. The third kappa shape index (κ3) is 3.87. The van der Waals surface area contributed by atoms with Crippen molar-refractivity contribution in [3.05, 3.63) is 35.4 Å². The van der Waals surface area contributed by atoms with Crippen molar-refractivity contribution in [1.82, 2.24) is 0 Å². The molecule has 0 radical (unpaired) electrons. The molecule has 96 valence electrons. The first-order valence-corrected chi connectivity index (χ1v) is 5.49. The van der Waals surface area contributed by atoms with Gasteiger partial charge < -0.3 is 10.2 Å². The Morgan fingerprint density at radius 1 is 1.24 bits per heavy atom. The molecule has 0 aliphatic rings. The summed E-state index contributed by atoms with van der Waals surface area (Å²) in [6.45, 7) is 0.